The second kappa shape index (κ2) is 22.6. The predicted octanol–water partition coefficient (Wildman–Crippen LogP) is 8.07. The number of nitrogen functional groups attached to an aromatic ring is 1. The van der Waals surface area contributed by atoms with Crippen LogP contribution in [0.1, 0.15) is 168 Å². The summed E-state index contributed by atoms with van der Waals surface area (Å²) in [5, 5.41) is 0. The van der Waals surface area contributed by atoms with Gasteiger partial charge in [-0.3, -0.25) is 23.9 Å². The van der Waals surface area contributed by atoms with Crippen molar-refractivity contribution in [1.82, 2.24) is 19.5 Å². The van der Waals surface area contributed by atoms with Crippen LogP contribution in [0.5, 0.6) is 0 Å². The van der Waals surface area contributed by atoms with Crippen LogP contribution in [0, 0.1) is 0 Å². The molecule has 0 aromatic carbocycles. The summed E-state index contributed by atoms with van der Waals surface area (Å²) in [6.45, 7) is 4.45. The Morgan fingerprint density at radius 1 is 0.830 bits per heavy atom. The van der Waals surface area contributed by atoms with Gasteiger partial charge in [-0.15, -0.1) is 0 Å². The number of nitrogens with zero attached hydrogens (tertiary/aromatic N) is 3. The summed E-state index contributed by atoms with van der Waals surface area (Å²) < 4.78 is 19.4. The summed E-state index contributed by atoms with van der Waals surface area (Å²) in [7, 11) is 0. The van der Waals surface area contributed by atoms with Crippen molar-refractivity contribution in [3.05, 3.63) is 16.7 Å². The minimum atomic E-state index is -0.648. The number of hydrogen-bond donors (Lipinski definition) is 2. The molecule has 0 unspecified atom stereocenters. The molecule has 1 aliphatic rings. The fourth-order valence-electron chi connectivity index (χ4n) is 6.29. The minimum Gasteiger partial charge on any atom is -0.463 e. The molecule has 0 saturated carbocycles. The van der Waals surface area contributed by atoms with E-state index in [9.17, 15) is 14.4 Å². The second-order valence-electron chi connectivity index (χ2n) is 13.2. The zero-order valence-electron chi connectivity index (χ0n) is 29.1. The number of aromatic nitrogens is 4. The third-order valence-electron chi connectivity index (χ3n) is 9.10. The molecule has 0 radical (unpaired) electrons. The maximum absolute atomic E-state index is 12.8. The van der Waals surface area contributed by atoms with Gasteiger partial charge in [0.05, 0.1) is 6.33 Å². The number of esters is 2. The normalized spacial score (nSPS) is 17.8. The molecule has 11 heteroatoms. The van der Waals surface area contributed by atoms with Crippen molar-refractivity contribution in [2.75, 3.05) is 12.3 Å². The average Bonchev–Trinajstić information content (AvgIpc) is 3.65. The highest BCUT2D eigenvalue weighted by Crippen LogP contribution is 2.33. The number of aromatic amines is 1. The van der Waals surface area contributed by atoms with Gasteiger partial charge in [0.25, 0.3) is 5.56 Å². The van der Waals surface area contributed by atoms with E-state index in [-0.39, 0.29) is 35.7 Å². The van der Waals surface area contributed by atoms with Crippen LogP contribution in [0.15, 0.2) is 11.1 Å². The monoisotopic (exact) mass is 659 g/mol. The molecule has 0 spiro atoms. The van der Waals surface area contributed by atoms with E-state index in [2.05, 4.69) is 28.8 Å². The summed E-state index contributed by atoms with van der Waals surface area (Å²) in [5.41, 5.74) is 5.76. The first-order valence-electron chi connectivity index (χ1n) is 18.7. The number of H-pyrrole nitrogens is 1. The molecule has 2 aromatic rings. The standard InChI is InChI=1S/C36H61N5O6/c1-3-5-7-9-11-13-15-17-19-21-23-31(42)45-26-29-28(47-32(43)24-22-20-18-16-14-12-10-8-6-4-2)25-30(46-29)41-27-38-33-34(41)39-36(37)40-35(33)44/h27-30H,3-26H2,1-2H3,(H3,37,39,40,44)/t28-,29+,30+/m0/s1. The topological polar surface area (TPSA) is 151 Å². The highest BCUT2D eigenvalue weighted by molar-refractivity contribution is 5.71. The molecule has 266 valence electrons. The largest absolute Gasteiger partial charge is 0.463 e. The van der Waals surface area contributed by atoms with Crippen molar-refractivity contribution in [3.63, 3.8) is 0 Å². The molecule has 2 aromatic heterocycles. The Labute approximate surface area is 281 Å². The molecule has 3 N–H and O–H groups in total. The Hall–Kier alpha value is -2.95. The zero-order chi connectivity index (χ0) is 33.7. The molecule has 3 heterocycles. The fraction of sp³-hybridized carbons (Fsp3) is 0.806. The lowest BCUT2D eigenvalue weighted by Gasteiger charge is -2.19. The van der Waals surface area contributed by atoms with Gasteiger partial charge in [-0.2, -0.15) is 4.98 Å². The third-order valence-corrected chi connectivity index (χ3v) is 9.10. The van der Waals surface area contributed by atoms with Crippen LogP contribution < -0.4 is 11.3 Å². The fourth-order valence-corrected chi connectivity index (χ4v) is 6.29. The van der Waals surface area contributed by atoms with Crippen molar-refractivity contribution < 1.29 is 23.8 Å². The SMILES string of the molecule is CCCCCCCCCCCCC(=O)OC[C@H]1O[C@@H](n2cnc3c(=O)[nH]c(N)nc32)C[C@@H]1OC(=O)CCCCCCCCCCCC. The molecule has 3 rings (SSSR count). The van der Waals surface area contributed by atoms with Gasteiger partial charge in [0.1, 0.15) is 25.0 Å². The van der Waals surface area contributed by atoms with E-state index in [0.29, 0.717) is 19.3 Å². The second-order valence-corrected chi connectivity index (χ2v) is 13.2. The first-order chi connectivity index (χ1) is 22.9. The molecule has 3 atom stereocenters. The maximum Gasteiger partial charge on any atom is 0.306 e. The van der Waals surface area contributed by atoms with Gasteiger partial charge in [-0.1, -0.05) is 129 Å². The summed E-state index contributed by atoms with van der Waals surface area (Å²) in [6.07, 6.45) is 24.4. The highest BCUT2D eigenvalue weighted by atomic mass is 16.6. The number of hydrogen-bond acceptors (Lipinski definition) is 9. The molecule has 0 bridgehead atoms. The molecule has 1 aliphatic heterocycles. The molecule has 0 amide bonds. The Kier molecular flexibility index (Phi) is 18.5. The number of ether oxygens (including phenoxy) is 3. The summed E-state index contributed by atoms with van der Waals surface area (Å²) in [5.74, 6) is -0.588. The third kappa shape index (κ3) is 14.4. The number of carbonyl (C=O) groups excluding carboxylic acids is 2. The van der Waals surface area contributed by atoms with E-state index in [1.54, 1.807) is 4.57 Å². The summed E-state index contributed by atoms with van der Waals surface area (Å²) in [6, 6.07) is 0. The van der Waals surface area contributed by atoms with Gasteiger partial charge in [0.15, 0.2) is 11.2 Å². The van der Waals surface area contributed by atoms with Crippen LogP contribution in [0.4, 0.5) is 5.95 Å². The minimum absolute atomic E-state index is 0.0217. The lowest BCUT2D eigenvalue weighted by atomic mass is 10.1. The van der Waals surface area contributed by atoms with Crippen LogP contribution in [0.2, 0.25) is 0 Å². The Morgan fingerprint density at radius 2 is 1.34 bits per heavy atom. The Bertz CT molecular complexity index is 1230. The van der Waals surface area contributed by atoms with E-state index >= 15 is 0 Å². The Balaban J connectivity index is 1.44. The quantitative estimate of drug-likeness (QED) is 0.0754. The van der Waals surface area contributed by atoms with Crippen LogP contribution in [-0.2, 0) is 23.8 Å². The number of nitrogens with two attached hydrogens (primary N) is 1. The van der Waals surface area contributed by atoms with Gasteiger partial charge >= 0.3 is 11.9 Å². The molecular weight excluding hydrogens is 598 g/mol. The number of rotatable bonds is 26. The molecule has 1 saturated heterocycles. The number of unbranched alkanes of at least 4 members (excludes halogenated alkanes) is 18. The predicted molar refractivity (Wildman–Crippen MR) is 185 cm³/mol. The molecule has 11 nitrogen and oxygen atoms in total. The lowest BCUT2D eigenvalue weighted by molar-refractivity contribution is -0.158. The van der Waals surface area contributed by atoms with Crippen molar-refractivity contribution in [2.45, 2.75) is 180 Å². The first-order valence-corrected chi connectivity index (χ1v) is 18.7. The summed E-state index contributed by atoms with van der Waals surface area (Å²) in [4.78, 5) is 48.6. The molecule has 1 fully saturated rings. The number of anilines is 1. The van der Waals surface area contributed by atoms with Crippen LogP contribution >= 0.6 is 0 Å². The van der Waals surface area contributed by atoms with Crippen molar-refractivity contribution in [2.24, 2.45) is 0 Å². The first kappa shape index (κ1) is 38.5. The van der Waals surface area contributed by atoms with E-state index in [0.717, 1.165) is 38.5 Å². The van der Waals surface area contributed by atoms with E-state index in [1.165, 1.54) is 96.2 Å². The molecule has 0 aliphatic carbocycles. The Morgan fingerprint density at radius 3 is 1.89 bits per heavy atom. The van der Waals surface area contributed by atoms with Gasteiger partial charge < -0.3 is 19.9 Å². The smallest absolute Gasteiger partial charge is 0.306 e. The van der Waals surface area contributed by atoms with Crippen LogP contribution in [0.25, 0.3) is 11.2 Å². The number of imidazole rings is 1. The van der Waals surface area contributed by atoms with Crippen LogP contribution in [-0.4, -0.2) is 50.3 Å². The van der Waals surface area contributed by atoms with Crippen LogP contribution in [0.3, 0.4) is 0 Å². The lowest BCUT2D eigenvalue weighted by Crippen LogP contribution is -2.32. The van der Waals surface area contributed by atoms with Gasteiger partial charge in [-0.05, 0) is 12.8 Å². The van der Waals surface area contributed by atoms with Crippen molar-refractivity contribution in [3.8, 4) is 0 Å². The number of carbonyl (C=O) groups is 2. The summed E-state index contributed by atoms with van der Waals surface area (Å²) >= 11 is 0. The van der Waals surface area contributed by atoms with Crippen molar-refractivity contribution >= 4 is 29.1 Å². The maximum atomic E-state index is 12.8. The van der Waals surface area contributed by atoms with Gasteiger partial charge in [0.2, 0.25) is 5.95 Å². The zero-order valence-corrected chi connectivity index (χ0v) is 29.1. The van der Waals surface area contributed by atoms with E-state index < -0.39 is 24.0 Å². The molecular formula is C36H61N5O6. The highest BCUT2D eigenvalue weighted by Gasteiger charge is 2.40. The average molecular weight is 660 g/mol. The van der Waals surface area contributed by atoms with Gasteiger partial charge in [-0.25, -0.2) is 4.98 Å². The van der Waals surface area contributed by atoms with E-state index in [1.807, 2.05) is 0 Å². The van der Waals surface area contributed by atoms with E-state index in [4.69, 9.17) is 19.9 Å². The number of fused-ring (bicyclic) bond motifs is 1. The van der Waals surface area contributed by atoms with Crippen molar-refractivity contribution in [1.29, 1.82) is 0 Å². The molecule has 47 heavy (non-hydrogen) atoms. The van der Waals surface area contributed by atoms with Gasteiger partial charge in [0, 0.05) is 19.3 Å². The number of nitrogens with one attached hydrogen (secondary N) is 1.